The summed E-state index contributed by atoms with van der Waals surface area (Å²) >= 11 is 1.65. The lowest BCUT2D eigenvalue weighted by Gasteiger charge is -2.29. The number of morpholine rings is 1. The Morgan fingerprint density at radius 2 is 1.85 bits per heavy atom. The molecule has 0 aromatic heterocycles. The number of para-hydroxylation sites is 1. The van der Waals surface area contributed by atoms with Crippen LogP contribution in [0.4, 0.5) is 5.69 Å². The molecule has 1 unspecified atom stereocenters. The molecule has 2 amide bonds. The average Bonchev–Trinajstić information content (AvgIpc) is 2.86. The monoisotopic (exact) mass is 471 g/mol. The number of carbonyl (C=O) groups excluding carboxylic acids is 2. The van der Waals surface area contributed by atoms with Crippen LogP contribution in [0.1, 0.15) is 22.3 Å². The van der Waals surface area contributed by atoms with Gasteiger partial charge in [-0.25, -0.2) is 0 Å². The van der Waals surface area contributed by atoms with E-state index in [4.69, 9.17) is 9.47 Å². The van der Waals surface area contributed by atoms with Crippen molar-refractivity contribution in [2.45, 2.75) is 19.0 Å². The van der Waals surface area contributed by atoms with Gasteiger partial charge in [0.1, 0.15) is 11.8 Å². The van der Waals surface area contributed by atoms with Gasteiger partial charge in [0, 0.05) is 32.4 Å². The maximum Gasteiger partial charge on any atom is 0.255 e. The number of rotatable bonds is 10. The first kappa shape index (κ1) is 24.9. The molecule has 1 atom stereocenters. The Balaban J connectivity index is 1.64. The lowest BCUT2D eigenvalue weighted by Crippen LogP contribution is -2.47. The third kappa shape index (κ3) is 6.88. The van der Waals surface area contributed by atoms with Gasteiger partial charge in [-0.1, -0.05) is 24.3 Å². The number of likely N-dealkylation sites (N-methyl/N-ethyl adjacent to an activating group) is 1. The standard InChI is InChI=1S/C25H33N3O4S/c1-27(18-19-8-10-20(11-9-19)28-13-15-32-16-14-28)25(30)22(12-17-33-3)26-24(29)21-6-4-5-7-23(21)31-2/h4-11,22H,12-18H2,1-3H3,(H,26,29). The number of benzene rings is 2. The zero-order chi connectivity index (χ0) is 23.6. The molecule has 1 saturated heterocycles. The fourth-order valence-electron chi connectivity index (χ4n) is 3.81. The molecule has 1 fully saturated rings. The van der Waals surface area contributed by atoms with Gasteiger partial charge in [-0.05, 0) is 48.3 Å². The van der Waals surface area contributed by atoms with E-state index in [-0.39, 0.29) is 11.8 Å². The van der Waals surface area contributed by atoms with Gasteiger partial charge in [-0.2, -0.15) is 11.8 Å². The maximum atomic E-state index is 13.2. The van der Waals surface area contributed by atoms with Crippen molar-refractivity contribution >= 4 is 29.3 Å². The molecule has 3 rings (SSSR count). The van der Waals surface area contributed by atoms with Gasteiger partial charge < -0.3 is 24.6 Å². The summed E-state index contributed by atoms with van der Waals surface area (Å²) in [4.78, 5) is 30.1. The number of hydrogen-bond acceptors (Lipinski definition) is 6. The van der Waals surface area contributed by atoms with Crippen molar-refractivity contribution in [3.63, 3.8) is 0 Å². The smallest absolute Gasteiger partial charge is 0.255 e. The van der Waals surface area contributed by atoms with Gasteiger partial charge in [-0.15, -0.1) is 0 Å². The minimum Gasteiger partial charge on any atom is -0.496 e. The number of nitrogens with one attached hydrogen (secondary N) is 1. The molecular weight excluding hydrogens is 438 g/mol. The van der Waals surface area contributed by atoms with Crippen molar-refractivity contribution in [1.82, 2.24) is 10.2 Å². The van der Waals surface area contributed by atoms with Crippen LogP contribution in [0.2, 0.25) is 0 Å². The van der Waals surface area contributed by atoms with Crippen LogP contribution in [-0.4, -0.2) is 75.2 Å². The number of hydrogen-bond donors (Lipinski definition) is 1. The minimum absolute atomic E-state index is 0.107. The maximum absolute atomic E-state index is 13.2. The average molecular weight is 472 g/mol. The molecule has 33 heavy (non-hydrogen) atoms. The number of carbonyl (C=O) groups is 2. The molecule has 1 heterocycles. The van der Waals surface area contributed by atoms with E-state index in [9.17, 15) is 9.59 Å². The molecule has 2 aromatic carbocycles. The molecule has 7 nitrogen and oxygen atoms in total. The van der Waals surface area contributed by atoms with Crippen LogP contribution < -0.4 is 15.0 Å². The number of amides is 2. The van der Waals surface area contributed by atoms with Gasteiger partial charge in [0.2, 0.25) is 5.91 Å². The lowest BCUT2D eigenvalue weighted by atomic mass is 10.1. The topological polar surface area (TPSA) is 71.1 Å². The van der Waals surface area contributed by atoms with Crippen LogP contribution in [-0.2, 0) is 16.1 Å². The highest BCUT2D eigenvalue weighted by Gasteiger charge is 2.25. The summed E-state index contributed by atoms with van der Waals surface area (Å²) in [7, 11) is 3.31. The van der Waals surface area contributed by atoms with Gasteiger partial charge in [0.25, 0.3) is 5.91 Å². The van der Waals surface area contributed by atoms with Gasteiger partial charge in [0.05, 0.1) is 25.9 Å². The minimum atomic E-state index is -0.604. The van der Waals surface area contributed by atoms with Crippen molar-refractivity contribution < 1.29 is 19.1 Å². The SMILES string of the molecule is COc1ccccc1C(=O)NC(CCSC)C(=O)N(C)Cc1ccc(N2CCOCC2)cc1. The molecule has 8 heteroatoms. The van der Waals surface area contributed by atoms with Crippen LogP contribution in [0.25, 0.3) is 0 Å². The number of ether oxygens (including phenoxy) is 2. The Kier molecular flexibility index (Phi) is 9.45. The highest BCUT2D eigenvalue weighted by molar-refractivity contribution is 7.98. The van der Waals surface area contributed by atoms with Crippen molar-refractivity contribution in [3.8, 4) is 5.75 Å². The molecule has 1 N–H and O–H groups in total. The fraction of sp³-hybridized carbons (Fsp3) is 0.440. The highest BCUT2D eigenvalue weighted by Crippen LogP contribution is 2.19. The lowest BCUT2D eigenvalue weighted by molar-refractivity contribution is -0.132. The summed E-state index contributed by atoms with van der Waals surface area (Å²) in [5.41, 5.74) is 2.63. The van der Waals surface area contributed by atoms with E-state index in [2.05, 4.69) is 34.5 Å². The third-order valence-corrected chi connectivity index (χ3v) is 6.32. The molecule has 0 saturated carbocycles. The van der Waals surface area contributed by atoms with E-state index >= 15 is 0 Å². The Morgan fingerprint density at radius 3 is 2.52 bits per heavy atom. The van der Waals surface area contributed by atoms with E-state index in [1.165, 1.54) is 7.11 Å². The second kappa shape index (κ2) is 12.5. The highest BCUT2D eigenvalue weighted by atomic mass is 32.2. The van der Waals surface area contributed by atoms with Crippen LogP contribution in [0.5, 0.6) is 5.75 Å². The summed E-state index contributed by atoms with van der Waals surface area (Å²) in [5.74, 6) is 0.838. The first-order chi connectivity index (χ1) is 16.0. The molecule has 0 bridgehead atoms. The molecule has 2 aromatic rings. The molecule has 178 valence electrons. The normalized spacial score (nSPS) is 14.5. The third-order valence-electron chi connectivity index (χ3n) is 5.67. The first-order valence-electron chi connectivity index (χ1n) is 11.1. The second-order valence-electron chi connectivity index (χ2n) is 7.97. The summed E-state index contributed by atoms with van der Waals surface area (Å²) in [6.45, 7) is 3.75. The zero-order valence-electron chi connectivity index (χ0n) is 19.6. The van der Waals surface area contributed by atoms with Gasteiger partial charge in [0.15, 0.2) is 0 Å². The molecule has 0 radical (unpaired) electrons. The quantitative estimate of drug-likeness (QED) is 0.574. The largest absolute Gasteiger partial charge is 0.496 e. The Labute approximate surface area is 200 Å². The first-order valence-corrected chi connectivity index (χ1v) is 12.5. The number of methoxy groups -OCH3 is 1. The predicted molar refractivity (Wildman–Crippen MR) is 133 cm³/mol. The van der Waals surface area contributed by atoms with E-state index < -0.39 is 6.04 Å². The Morgan fingerprint density at radius 1 is 1.15 bits per heavy atom. The van der Waals surface area contributed by atoms with E-state index in [1.807, 2.05) is 12.3 Å². The molecule has 0 spiro atoms. The molecule has 0 aliphatic carbocycles. The second-order valence-corrected chi connectivity index (χ2v) is 8.95. The van der Waals surface area contributed by atoms with Crippen molar-refractivity contribution in [3.05, 3.63) is 59.7 Å². The van der Waals surface area contributed by atoms with Crippen LogP contribution in [0, 0.1) is 0 Å². The number of thioether (sulfide) groups is 1. The van der Waals surface area contributed by atoms with E-state index in [0.717, 1.165) is 43.3 Å². The fourth-order valence-corrected chi connectivity index (χ4v) is 4.28. The summed E-state index contributed by atoms with van der Waals surface area (Å²) in [6.07, 6.45) is 2.55. The van der Waals surface area contributed by atoms with Crippen molar-refractivity contribution in [1.29, 1.82) is 0 Å². The Hall–Kier alpha value is -2.71. The van der Waals surface area contributed by atoms with E-state index in [1.54, 1.807) is 41.9 Å². The summed E-state index contributed by atoms with van der Waals surface area (Å²) < 4.78 is 10.7. The molecular formula is C25H33N3O4S. The summed E-state index contributed by atoms with van der Waals surface area (Å²) in [5, 5.41) is 2.92. The number of anilines is 1. The van der Waals surface area contributed by atoms with Crippen LogP contribution >= 0.6 is 11.8 Å². The molecule has 1 aliphatic heterocycles. The van der Waals surface area contributed by atoms with Gasteiger partial charge in [-0.3, -0.25) is 9.59 Å². The molecule has 1 aliphatic rings. The predicted octanol–water partition coefficient (Wildman–Crippen LogP) is 3.04. The van der Waals surface area contributed by atoms with E-state index in [0.29, 0.717) is 24.3 Å². The van der Waals surface area contributed by atoms with Crippen molar-refractivity contribution in [2.75, 3.05) is 57.4 Å². The number of nitrogens with zero attached hydrogens (tertiary/aromatic N) is 2. The van der Waals surface area contributed by atoms with Crippen molar-refractivity contribution in [2.24, 2.45) is 0 Å². The Bertz CT molecular complexity index is 916. The van der Waals surface area contributed by atoms with Crippen LogP contribution in [0.3, 0.4) is 0 Å². The summed E-state index contributed by atoms with van der Waals surface area (Å²) in [6, 6.07) is 14.7. The van der Waals surface area contributed by atoms with Crippen LogP contribution in [0.15, 0.2) is 48.5 Å². The zero-order valence-corrected chi connectivity index (χ0v) is 20.4. The van der Waals surface area contributed by atoms with Gasteiger partial charge >= 0.3 is 0 Å².